The number of ether oxygens (including phenoxy) is 1. The molecular formula is C15H20N2O2. The fourth-order valence-corrected chi connectivity index (χ4v) is 2.85. The molecule has 2 aliphatic rings. The first-order chi connectivity index (χ1) is 9.14. The molecule has 4 nitrogen and oxygen atoms in total. The van der Waals surface area contributed by atoms with Crippen LogP contribution in [0.4, 0.5) is 11.4 Å². The third-order valence-electron chi connectivity index (χ3n) is 4.42. The zero-order chi connectivity index (χ0) is 13.5. The number of methoxy groups -OCH3 is 1. The van der Waals surface area contributed by atoms with Crippen LogP contribution in [0.3, 0.4) is 0 Å². The zero-order valence-corrected chi connectivity index (χ0v) is 11.2. The van der Waals surface area contributed by atoms with Gasteiger partial charge in [0.15, 0.2) is 0 Å². The first-order valence-electron chi connectivity index (χ1n) is 6.86. The molecule has 4 heteroatoms. The second-order valence-corrected chi connectivity index (χ2v) is 5.79. The number of esters is 1. The maximum Gasteiger partial charge on any atom is 0.340 e. The molecule has 0 aliphatic heterocycles. The van der Waals surface area contributed by atoms with Crippen molar-refractivity contribution in [1.29, 1.82) is 0 Å². The van der Waals surface area contributed by atoms with Crippen molar-refractivity contribution in [2.24, 2.45) is 11.3 Å². The Morgan fingerprint density at radius 3 is 2.79 bits per heavy atom. The van der Waals surface area contributed by atoms with Gasteiger partial charge in [-0.1, -0.05) is 0 Å². The van der Waals surface area contributed by atoms with Gasteiger partial charge >= 0.3 is 5.97 Å². The number of anilines is 2. The second kappa shape index (κ2) is 4.44. The van der Waals surface area contributed by atoms with Crippen LogP contribution in [0.5, 0.6) is 0 Å². The topological polar surface area (TPSA) is 64.3 Å². The minimum absolute atomic E-state index is 0.342. The third kappa shape index (κ3) is 2.39. The van der Waals surface area contributed by atoms with E-state index in [1.165, 1.54) is 32.8 Å². The van der Waals surface area contributed by atoms with Crippen LogP contribution in [-0.2, 0) is 4.74 Å². The van der Waals surface area contributed by atoms with Crippen LogP contribution in [0.15, 0.2) is 18.2 Å². The van der Waals surface area contributed by atoms with E-state index in [2.05, 4.69) is 5.32 Å². The Morgan fingerprint density at radius 2 is 2.21 bits per heavy atom. The van der Waals surface area contributed by atoms with Gasteiger partial charge in [0.2, 0.25) is 0 Å². The van der Waals surface area contributed by atoms with Crippen LogP contribution < -0.4 is 11.1 Å². The average Bonchev–Trinajstić information content (AvgIpc) is 3.28. The number of nitrogen functional groups attached to an aromatic ring is 1. The van der Waals surface area contributed by atoms with E-state index in [0.29, 0.717) is 16.7 Å². The molecule has 102 valence electrons. The minimum Gasteiger partial charge on any atom is -0.465 e. The maximum atomic E-state index is 11.8. The molecule has 1 aromatic rings. The zero-order valence-electron chi connectivity index (χ0n) is 11.2. The van der Waals surface area contributed by atoms with Crippen LogP contribution in [0.25, 0.3) is 0 Å². The Balaban J connectivity index is 1.74. The lowest BCUT2D eigenvalue weighted by Gasteiger charge is -2.17. The lowest BCUT2D eigenvalue weighted by molar-refractivity contribution is 0.0602. The average molecular weight is 260 g/mol. The van der Waals surface area contributed by atoms with Crippen LogP contribution >= 0.6 is 0 Å². The van der Waals surface area contributed by atoms with Gasteiger partial charge < -0.3 is 15.8 Å². The molecule has 3 rings (SSSR count). The first kappa shape index (κ1) is 12.3. The second-order valence-electron chi connectivity index (χ2n) is 5.79. The Kier molecular flexibility index (Phi) is 2.88. The van der Waals surface area contributed by atoms with Crippen LogP contribution in [0.2, 0.25) is 0 Å². The molecule has 0 spiro atoms. The molecular weight excluding hydrogens is 240 g/mol. The van der Waals surface area contributed by atoms with Crippen molar-refractivity contribution in [2.75, 3.05) is 24.7 Å². The van der Waals surface area contributed by atoms with Crippen molar-refractivity contribution >= 4 is 17.3 Å². The summed E-state index contributed by atoms with van der Waals surface area (Å²) in [7, 11) is 1.39. The highest BCUT2D eigenvalue weighted by molar-refractivity contribution is 5.96. The van der Waals surface area contributed by atoms with E-state index < -0.39 is 0 Å². The normalized spacial score (nSPS) is 19.8. The van der Waals surface area contributed by atoms with Gasteiger partial charge in [-0.25, -0.2) is 4.79 Å². The smallest absolute Gasteiger partial charge is 0.340 e. The molecule has 19 heavy (non-hydrogen) atoms. The largest absolute Gasteiger partial charge is 0.465 e. The Labute approximate surface area is 113 Å². The van der Waals surface area contributed by atoms with Crippen molar-refractivity contribution in [2.45, 2.75) is 25.7 Å². The summed E-state index contributed by atoms with van der Waals surface area (Å²) < 4.78 is 4.80. The molecule has 0 aromatic heterocycles. The van der Waals surface area contributed by atoms with Gasteiger partial charge in [-0.2, -0.15) is 0 Å². The SMILES string of the molecule is COC(=O)c1cc(N)ccc1NCC1(C2CC2)CC1. The number of benzene rings is 1. The Hall–Kier alpha value is -1.71. The highest BCUT2D eigenvalue weighted by Crippen LogP contribution is 2.61. The number of carbonyl (C=O) groups excluding carboxylic acids is 1. The number of rotatable bonds is 5. The molecule has 0 bridgehead atoms. The monoisotopic (exact) mass is 260 g/mol. The molecule has 2 saturated carbocycles. The van der Waals surface area contributed by atoms with Gasteiger partial charge in [-0.05, 0) is 55.2 Å². The van der Waals surface area contributed by atoms with Crippen LogP contribution in [0, 0.1) is 11.3 Å². The van der Waals surface area contributed by atoms with E-state index >= 15 is 0 Å². The summed E-state index contributed by atoms with van der Waals surface area (Å²) in [5, 5.41) is 3.42. The number of nitrogens with two attached hydrogens (primary N) is 1. The van der Waals surface area contributed by atoms with Crippen molar-refractivity contribution < 1.29 is 9.53 Å². The van der Waals surface area contributed by atoms with Gasteiger partial charge in [-0.15, -0.1) is 0 Å². The highest BCUT2D eigenvalue weighted by Gasteiger charge is 2.53. The Morgan fingerprint density at radius 1 is 1.47 bits per heavy atom. The molecule has 0 saturated heterocycles. The lowest BCUT2D eigenvalue weighted by atomic mass is 10.0. The fraction of sp³-hybridized carbons (Fsp3) is 0.533. The predicted molar refractivity (Wildman–Crippen MR) is 75.1 cm³/mol. The molecule has 0 amide bonds. The van der Waals surface area contributed by atoms with Crippen molar-refractivity contribution in [3.8, 4) is 0 Å². The Bertz CT molecular complexity index is 505. The van der Waals surface area contributed by atoms with Crippen molar-refractivity contribution in [3.05, 3.63) is 23.8 Å². The van der Waals surface area contributed by atoms with Gasteiger partial charge in [0.25, 0.3) is 0 Å². The van der Waals surface area contributed by atoms with Gasteiger partial charge in [0, 0.05) is 17.9 Å². The molecule has 2 fully saturated rings. The van der Waals surface area contributed by atoms with E-state index in [-0.39, 0.29) is 5.97 Å². The standard InChI is InChI=1S/C15H20N2O2/c1-19-14(18)12-8-11(16)4-5-13(12)17-9-15(6-7-15)10-2-3-10/h4-5,8,10,17H,2-3,6-7,9,16H2,1H3. The summed E-state index contributed by atoms with van der Waals surface area (Å²) >= 11 is 0. The molecule has 0 radical (unpaired) electrons. The molecule has 3 N–H and O–H groups in total. The van der Waals surface area contributed by atoms with Crippen LogP contribution in [0.1, 0.15) is 36.0 Å². The van der Waals surface area contributed by atoms with E-state index in [0.717, 1.165) is 18.2 Å². The fourth-order valence-electron chi connectivity index (χ4n) is 2.85. The van der Waals surface area contributed by atoms with Crippen molar-refractivity contribution in [3.63, 3.8) is 0 Å². The lowest BCUT2D eigenvalue weighted by Crippen LogP contribution is -2.19. The van der Waals surface area contributed by atoms with Gasteiger partial charge in [0.05, 0.1) is 12.7 Å². The van der Waals surface area contributed by atoms with E-state index in [1.54, 1.807) is 6.07 Å². The first-order valence-corrected chi connectivity index (χ1v) is 6.86. The summed E-state index contributed by atoms with van der Waals surface area (Å²) in [6, 6.07) is 5.35. The number of nitrogens with one attached hydrogen (secondary N) is 1. The molecule has 0 unspecified atom stereocenters. The van der Waals surface area contributed by atoms with Crippen LogP contribution in [-0.4, -0.2) is 19.6 Å². The van der Waals surface area contributed by atoms with Gasteiger partial charge in [-0.3, -0.25) is 0 Å². The highest BCUT2D eigenvalue weighted by atomic mass is 16.5. The van der Waals surface area contributed by atoms with Crippen molar-refractivity contribution in [1.82, 2.24) is 0 Å². The number of carbonyl (C=O) groups is 1. The quantitative estimate of drug-likeness (QED) is 0.631. The minimum atomic E-state index is -0.342. The van der Waals surface area contributed by atoms with Gasteiger partial charge in [0.1, 0.15) is 0 Å². The molecule has 2 aliphatic carbocycles. The van der Waals surface area contributed by atoms with E-state index in [4.69, 9.17) is 10.5 Å². The molecule has 0 atom stereocenters. The summed E-state index contributed by atoms with van der Waals surface area (Å²) in [6.45, 7) is 0.950. The summed E-state index contributed by atoms with van der Waals surface area (Å²) in [6.07, 6.45) is 5.36. The summed E-state index contributed by atoms with van der Waals surface area (Å²) in [5.74, 6) is 0.557. The number of hydrogen-bond donors (Lipinski definition) is 2. The van der Waals surface area contributed by atoms with E-state index in [1.807, 2.05) is 12.1 Å². The predicted octanol–water partition coefficient (Wildman–Crippen LogP) is 2.66. The molecule has 0 heterocycles. The summed E-state index contributed by atoms with van der Waals surface area (Å²) in [5.41, 5.74) is 8.16. The number of hydrogen-bond acceptors (Lipinski definition) is 4. The van der Waals surface area contributed by atoms with E-state index in [9.17, 15) is 4.79 Å². The molecule has 1 aromatic carbocycles. The maximum absolute atomic E-state index is 11.8. The third-order valence-corrected chi connectivity index (χ3v) is 4.42. The summed E-state index contributed by atoms with van der Waals surface area (Å²) in [4.78, 5) is 11.8.